The Bertz CT molecular complexity index is 1600. The highest BCUT2D eigenvalue weighted by Gasteiger charge is 2.26. The molecule has 0 spiro atoms. The van der Waals surface area contributed by atoms with Crippen molar-refractivity contribution in [3.8, 4) is 29.2 Å². The van der Waals surface area contributed by atoms with Crippen molar-refractivity contribution in [2.45, 2.75) is 38.1 Å². The fraction of sp³-hybridized carbons (Fsp3) is 0.355. The second-order valence-corrected chi connectivity index (χ2v) is 10.2. The molecule has 0 aliphatic carbocycles. The number of H-pyrrole nitrogens is 2. The van der Waals surface area contributed by atoms with E-state index in [4.69, 9.17) is 0 Å². The summed E-state index contributed by atoms with van der Waals surface area (Å²) in [7, 11) is 3.85. The maximum Gasteiger partial charge on any atom is 0.233 e. The van der Waals surface area contributed by atoms with Crippen LogP contribution in [0.5, 0.6) is 0 Å². The van der Waals surface area contributed by atoms with Crippen molar-refractivity contribution in [1.29, 1.82) is 5.26 Å². The van der Waals surface area contributed by atoms with Crippen LogP contribution >= 0.6 is 0 Å². The van der Waals surface area contributed by atoms with E-state index in [0.29, 0.717) is 24.5 Å². The van der Waals surface area contributed by atoms with Crippen LogP contribution in [-0.4, -0.2) is 64.5 Å². The topological polar surface area (TPSA) is 126 Å². The highest BCUT2D eigenvalue weighted by atomic mass is 16.1. The lowest BCUT2D eigenvalue weighted by atomic mass is 10.0. The summed E-state index contributed by atoms with van der Waals surface area (Å²) in [6, 6.07) is 14.9. The number of unbranched alkanes of at least 4 members (excludes halogenated alkanes) is 1. The van der Waals surface area contributed by atoms with Gasteiger partial charge in [-0.25, -0.2) is 9.97 Å². The summed E-state index contributed by atoms with van der Waals surface area (Å²) in [5, 5.41) is 17.5. The standard InChI is InChI=1S/C31H34N8O/c1-33-20-30(40)34-14-4-3-7-29-35-19-27(36-29)24-12-11-22-16-21(8-10-23(22)17-24)9-13-25-26(18-32)38-31(37-25)28-6-5-15-39(28)2/h8,10-12,16-17,19,28,33H,3-7,14-15,20H2,1-2H3,(H,34,40)(H,35,36)(H,37,38). The average molecular weight is 535 g/mol. The predicted molar refractivity (Wildman–Crippen MR) is 155 cm³/mol. The van der Waals surface area contributed by atoms with Crippen molar-refractivity contribution in [2.24, 2.45) is 0 Å². The first-order valence-electron chi connectivity index (χ1n) is 13.8. The Hall–Kier alpha value is -4.44. The van der Waals surface area contributed by atoms with Gasteiger partial charge in [-0.1, -0.05) is 24.1 Å². The molecule has 1 atom stereocenters. The first-order valence-corrected chi connectivity index (χ1v) is 13.8. The number of aromatic amines is 2. The number of aromatic nitrogens is 4. The lowest BCUT2D eigenvalue weighted by Crippen LogP contribution is -2.32. The molecule has 3 heterocycles. The number of imidazole rings is 2. The molecule has 1 unspecified atom stereocenters. The minimum atomic E-state index is 0.0190. The van der Waals surface area contributed by atoms with E-state index in [1.165, 1.54) is 0 Å². The molecule has 1 aliphatic heterocycles. The van der Waals surface area contributed by atoms with Gasteiger partial charge in [-0.2, -0.15) is 5.26 Å². The Balaban J connectivity index is 1.23. The van der Waals surface area contributed by atoms with Crippen molar-refractivity contribution in [3.05, 3.63) is 71.2 Å². The molecule has 0 radical (unpaired) electrons. The van der Waals surface area contributed by atoms with E-state index < -0.39 is 0 Å². The van der Waals surface area contributed by atoms with Crippen LogP contribution in [0.2, 0.25) is 0 Å². The molecule has 1 fully saturated rings. The molecular weight excluding hydrogens is 500 g/mol. The molecule has 1 saturated heterocycles. The molecule has 4 aromatic rings. The van der Waals surface area contributed by atoms with E-state index in [2.05, 4.69) is 90.8 Å². The number of carbonyl (C=O) groups excluding carboxylic acids is 1. The number of likely N-dealkylation sites (N-methyl/N-ethyl adjacent to an activating group) is 1. The smallest absolute Gasteiger partial charge is 0.233 e. The number of benzene rings is 2. The molecule has 9 heteroatoms. The van der Waals surface area contributed by atoms with Gasteiger partial charge in [0.2, 0.25) is 5.91 Å². The molecule has 2 aromatic heterocycles. The summed E-state index contributed by atoms with van der Waals surface area (Å²) in [5.74, 6) is 8.12. The molecule has 1 amide bonds. The van der Waals surface area contributed by atoms with Gasteiger partial charge in [-0.05, 0) is 81.2 Å². The van der Waals surface area contributed by atoms with E-state index in [0.717, 1.165) is 77.9 Å². The van der Waals surface area contributed by atoms with Crippen molar-refractivity contribution in [2.75, 3.05) is 33.7 Å². The summed E-state index contributed by atoms with van der Waals surface area (Å²) in [6.07, 6.45) is 6.73. The zero-order valence-electron chi connectivity index (χ0n) is 23.0. The molecule has 5 rings (SSSR count). The molecule has 2 aromatic carbocycles. The van der Waals surface area contributed by atoms with Gasteiger partial charge in [0.25, 0.3) is 0 Å². The van der Waals surface area contributed by atoms with Crippen LogP contribution in [0.1, 0.15) is 60.3 Å². The van der Waals surface area contributed by atoms with Gasteiger partial charge < -0.3 is 20.6 Å². The van der Waals surface area contributed by atoms with Crippen LogP contribution in [0, 0.1) is 23.2 Å². The molecule has 0 saturated carbocycles. The maximum atomic E-state index is 11.5. The number of likely N-dealkylation sites (tertiary alicyclic amines) is 1. The highest BCUT2D eigenvalue weighted by Crippen LogP contribution is 2.29. The molecule has 4 N–H and O–H groups in total. The Labute approximate surface area is 234 Å². The van der Waals surface area contributed by atoms with Crippen molar-refractivity contribution >= 4 is 16.7 Å². The number of nitriles is 1. The Morgan fingerprint density at radius 3 is 2.80 bits per heavy atom. The monoisotopic (exact) mass is 534 g/mol. The fourth-order valence-corrected chi connectivity index (χ4v) is 5.11. The molecule has 0 bridgehead atoms. The van der Waals surface area contributed by atoms with Gasteiger partial charge in [0.15, 0.2) is 5.69 Å². The van der Waals surface area contributed by atoms with Crippen molar-refractivity contribution in [3.63, 3.8) is 0 Å². The number of nitrogens with zero attached hydrogens (tertiary/aromatic N) is 4. The fourth-order valence-electron chi connectivity index (χ4n) is 5.11. The number of hydrogen-bond donors (Lipinski definition) is 4. The van der Waals surface area contributed by atoms with E-state index in [-0.39, 0.29) is 11.9 Å². The third kappa shape index (κ3) is 6.40. The zero-order chi connectivity index (χ0) is 27.9. The Morgan fingerprint density at radius 2 is 2.00 bits per heavy atom. The van der Waals surface area contributed by atoms with E-state index >= 15 is 0 Å². The number of fused-ring (bicyclic) bond motifs is 1. The van der Waals surface area contributed by atoms with Crippen LogP contribution in [-0.2, 0) is 11.2 Å². The van der Waals surface area contributed by atoms with Crippen LogP contribution in [0.25, 0.3) is 22.0 Å². The number of hydrogen-bond acceptors (Lipinski definition) is 6. The third-order valence-electron chi connectivity index (χ3n) is 7.28. The molecule has 204 valence electrons. The number of aryl methyl sites for hydroxylation is 1. The molecule has 40 heavy (non-hydrogen) atoms. The maximum absolute atomic E-state index is 11.5. The SMILES string of the molecule is CNCC(=O)NCCCCc1ncc(-c2ccc3cc(C#Cc4[nH]c(C5CCCN5C)nc4C#N)ccc3c2)[nH]1. The van der Waals surface area contributed by atoms with Crippen LogP contribution in [0.15, 0.2) is 42.6 Å². The lowest BCUT2D eigenvalue weighted by molar-refractivity contribution is -0.120. The Morgan fingerprint density at radius 1 is 1.15 bits per heavy atom. The molecular formula is C31H34N8O. The number of nitrogens with one attached hydrogen (secondary N) is 4. The van der Waals surface area contributed by atoms with Gasteiger partial charge in [0, 0.05) is 24.1 Å². The number of amides is 1. The van der Waals surface area contributed by atoms with Gasteiger partial charge in [-0.15, -0.1) is 0 Å². The molecule has 1 aliphatic rings. The van der Waals surface area contributed by atoms with Crippen molar-refractivity contribution in [1.82, 2.24) is 35.5 Å². The first-order chi connectivity index (χ1) is 19.5. The second kappa shape index (κ2) is 12.6. The van der Waals surface area contributed by atoms with E-state index in [1.54, 1.807) is 7.05 Å². The summed E-state index contributed by atoms with van der Waals surface area (Å²) < 4.78 is 0. The molecule has 9 nitrogen and oxygen atoms in total. The zero-order valence-corrected chi connectivity index (χ0v) is 23.0. The average Bonchev–Trinajstić information content (AvgIpc) is 3.71. The van der Waals surface area contributed by atoms with Gasteiger partial charge >= 0.3 is 0 Å². The van der Waals surface area contributed by atoms with Crippen LogP contribution in [0.3, 0.4) is 0 Å². The summed E-state index contributed by atoms with van der Waals surface area (Å²) in [4.78, 5) is 29.5. The second-order valence-electron chi connectivity index (χ2n) is 10.2. The van der Waals surface area contributed by atoms with Gasteiger partial charge in [0.1, 0.15) is 23.4 Å². The first kappa shape index (κ1) is 27.1. The summed E-state index contributed by atoms with van der Waals surface area (Å²) in [6.45, 7) is 2.05. The van der Waals surface area contributed by atoms with E-state index in [9.17, 15) is 10.1 Å². The van der Waals surface area contributed by atoms with Gasteiger partial charge in [0.05, 0.1) is 24.5 Å². The van der Waals surface area contributed by atoms with Crippen molar-refractivity contribution < 1.29 is 4.79 Å². The normalized spacial score (nSPS) is 15.1. The Kier molecular flexibility index (Phi) is 8.56. The predicted octanol–water partition coefficient (Wildman–Crippen LogP) is 3.65. The van der Waals surface area contributed by atoms with Gasteiger partial charge in [-0.3, -0.25) is 9.69 Å². The summed E-state index contributed by atoms with van der Waals surface area (Å²) in [5.41, 5.74) is 3.86. The van der Waals surface area contributed by atoms with Crippen LogP contribution < -0.4 is 10.6 Å². The summed E-state index contributed by atoms with van der Waals surface area (Å²) >= 11 is 0. The minimum absolute atomic E-state index is 0.0190. The minimum Gasteiger partial charge on any atom is -0.355 e. The number of rotatable bonds is 9. The third-order valence-corrected chi connectivity index (χ3v) is 7.28. The van der Waals surface area contributed by atoms with Crippen LogP contribution in [0.4, 0.5) is 0 Å². The van der Waals surface area contributed by atoms with E-state index in [1.807, 2.05) is 12.3 Å². The highest BCUT2D eigenvalue weighted by molar-refractivity contribution is 5.88. The lowest BCUT2D eigenvalue weighted by Gasteiger charge is -2.16. The quantitative estimate of drug-likeness (QED) is 0.192. The number of carbonyl (C=O) groups is 1. The largest absolute Gasteiger partial charge is 0.355 e.